The molecule has 404 valence electrons. The van der Waals surface area contributed by atoms with Crippen molar-refractivity contribution in [3.8, 4) is 0 Å². The quantitative estimate of drug-likeness (QED) is 0.0345. The van der Waals surface area contributed by atoms with E-state index in [2.05, 4.69) is 32.9 Å². The molecule has 0 saturated carbocycles. The van der Waals surface area contributed by atoms with Crippen molar-refractivity contribution >= 4 is 11.9 Å². The van der Waals surface area contributed by atoms with E-state index in [1.165, 1.54) is 283 Å². The Kier molecular flexibility index (Phi) is 58.7. The van der Waals surface area contributed by atoms with Gasteiger partial charge in [0.2, 0.25) is 0 Å². The minimum Gasteiger partial charge on any atom is -0.462 e. The van der Waals surface area contributed by atoms with Gasteiger partial charge in [-0.25, -0.2) is 0 Å². The van der Waals surface area contributed by atoms with Crippen LogP contribution in [0.4, 0.5) is 0 Å². The normalized spacial score (nSPS) is 12.1. The third-order valence-electron chi connectivity index (χ3n) is 14.3. The van der Waals surface area contributed by atoms with E-state index in [-0.39, 0.29) is 18.5 Å². The van der Waals surface area contributed by atoms with Gasteiger partial charge in [0.1, 0.15) is 6.61 Å². The minimum absolute atomic E-state index is 0.0933. The average molecular weight is 960 g/mol. The molecule has 5 heteroatoms. The van der Waals surface area contributed by atoms with E-state index in [4.69, 9.17) is 14.2 Å². The lowest BCUT2D eigenvalue weighted by atomic mass is 10.0. The van der Waals surface area contributed by atoms with Crippen molar-refractivity contribution in [1.29, 1.82) is 0 Å². The Balaban J connectivity index is 4.17. The van der Waals surface area contributed by atoms with Gasteiger partial charge in [-0.1, -0.05) is 309 Å². The molecule has 1 atom stereocenters. The highest BCUT2D eigenvalue weighted by molar-refractivity contribution is 5.70. The van der Waals surface area contributed by atoms with Crippen LogP contribution in [0.3, 0.4) is 0 Å². The molecule has 0 aliphatic heterocycles. The van der Waals surface area contributed by atoms with Gasteiger partial charge in [-0.2, -0.15) is 0 Å². The lowest BCUT2D eigenvalue weighted by Crippen LogP contribution is -2.30. The number of carbonyl (C=O) groups is 2. The molecule has 0 bridgehead atoms. The maximum Gasteiger partial charge on any atom is 0.306 e. The van der Waals surface area contributed by atoms with Crippen LogP contribution in [0, 0.1) is 0 Å². The number of carbonyl (C=O) groups excluding carboxylic acids is 2. The summed E-state index contributed by atoms with van der Waals surface area (Å²) in [5.41, 5.74) is 0. The predicted octanol–water partition coefficient (Wildman–Crippen LogP) is 21.4. The van der Waals surface area contributed by atoms with Crippen LogP contribution in [0.15, 0.2) is 12.2 Å². The van der Waals surface area contributed by atoms with Crippen molar-refractivity contribution < 1.29 is 23.8 Å². The topological polar surface area (TPSA) is 61.8 Å². The molecule has 1 unspecified atom stereocenters. The van der Waals surface area contributed by atoms with Crippen LogP contribution in [-0.2, 0) is 23.8 Å². The number of allylic oxidation sites excluding steroid dienone is 2. The van der Waals surface area contributed by atoms with E-state index in [0.717, 1.165) is 38.5 Å². The van der Waals surface area contributed by atoms with Gasteiger partial charge in [-0.15, -0.1) is 0 Å². The molecule has 0 spiro atoms. The van der Waals surface area contributed by atoms with Crippen molar-refractivity contribution in [2.75, 3.05) is 19.8 Å². The van der Waals surface area contributed by atoms with Crippen LogP contribution in [-0.4, -0.2) is 37.9 Å². The molecule has 0 amide bonds. The van der Waals surface area contributed by atoms with E-state index in [9.17, 15) is 9.59 Å². The largest absolute Gasteiger partial charge is 0.462 e. The molecule has 0 fully saturated rings. The molecule has 0 saturated heterocycles. The highest BCUT2D eigenvalue weighted by Gasteiger charge is 2.18. The molecule has 0 aliphatic rings. The van der Waals surface area contributed by atoms with E-state index in [1.807, 2.05) is 0 Å². The fourth-order valence-corrected chi connectivity index (χ4v) is 9.63. The van der Waals surface area contributed by atoms with Crippen LogP contribution in [0.25, 0.3) is 0 Å². The summed E-state index contributed by atoms with van der Waals surface area (Å²) in [4.78, 5) is 25.6. The first kappa shape index (κ1) is 66.6. The summed E-state index contributed by atoms with van der Waals surface area (Å²) in [7, 11) is 0. The number of unbranched alkanes of at least 4 members (excludes halogenated alkanes) is 46. The van der Waals surface area contributed by atoms with Gasteiger partial charge in [-0.3, -0.25) is 9.59 Å². The second-order valence-corrected chi connectivity index (χ2v) is 21.3. The van der Waals surface area contributed by atoms with Gasteiger partial charge in [0, 0.05) is 19.4 Å². The van der Waals surface area contributed by atoms with E-state index < -0.39 is 6.10 Å². The van der Waals surface area contributed by atoms with Crippen LogP contribution in [0.2, 0.25) is 0 Å². The summed E-state index contributed by atoms with van der Waals surface area (Å²) in [6.07, 6.45) is 71.0. The van der Waals surface area contributed by atoms with E-state index in [0.29, 0.717) is 26.1 Å². The number of rotatable bonds is 59. The van der Waals surface area contributed by atoms with Crippen molar-refractivity contribution in [3.05, 3.63) is 12.2 Å². The summed E-state index contributed by atoms with van der Waals surface area (Å²) in [6, 6.07) is 0. The van der Waals surface area contributed by atoms with Crippen LogP contribution in [0.5, 0.6) is 0 Å². The molecule has 0 radical (unpaired) electrons. The second kappa shape index (κ2) is 59.9. The predicted molar refractivity (Wildman–Crippen MR) is 298 cm³/mol. The van der Waals surface area contributed by atoms with Crippen LogP contribution < -0.4 is 0 Å². The zero-order chi connectivity index (χ0) is 49.2. The monoisotopic (exact) mass is 959 g/mol. The van der Waals surface area contributed by atoms with Crippen molar-refractivity contribution in [3.63, 3.8) is 0 Å². The molecule has 0 aromatic rings. The number of ether oxygens (including phenoxy) is 3. The Morgan fingerprint density at radius 3 is 0.912 bits per heavy atom. The minimum atomic E-state index is -0.531. The SMILES string of the molecule is CCCCCC/C=C\CCCCCCCCOCC(COC(=O)CCCCCCCCCCCCCCCCCCCCC)OC(=O)CCCCCCCCCCCCCCCCCCCCC. The Bertz CT molecular complexity index is 994. The summed E-state index contributed by atoms with van der Waals surface area (Å²) in [5.74, 6) is -0.369. The number of hydrogen-bond donors (Lipinski definition) is 0. The summed E-state index contributed by atoms with van der Waals surface area (Å²) in [6.45, 7) is 7.90. The Morgan fingerprint density at radius 2 is 0.574 bits per heavy atom. The fraction of sp³-hybridized carbons (Fsp3) is 0.937. The first-order valence-corrected chi connectivity index (χ1v) is 31.2. The number of hydrogen-bond acceptors (Lipinski definition) is 5. The van der Waals surface area contributed by atoms with Crippen LogP contribution >= 0.6 is 0 Å². The third kappa shape index (κ3) is 57.2. The third-order valence-corrected chi connectivity index (χ3v) is 14.3. The van der Waals surface area contributed by atoms with Gasteiger partial charge in [0.15, 0.2) is 6.10 Å². The molecule has 0 aromatic carbocycles. The molecular weight excluding hydrogens is 837 g/mol. The highest BCUT2D eigenvalue weighted by Crippen LogP contribution is 2.18. The maximum absolute atomic E-state index is 12.9. The summed E-state index contributed by atoms with van der Waals surface area (Å²) in [5, 5.41) is 0. The molecule has 0 aliphatic carbocycles. The van der Waals surface area contributed by atoms with Gasteiger partial charge in [0.25, 0.3) is 0 Å². The molecule has 68 heavy (non-hydrogen) atoms. The zero-order valence-corrected chi connectivity index (χ0v) is 46.7. The van der Waals surface area contributed by atoms with Crippen molar-refractivity contribution in [1.82, 2.24) is 0 Å². The zero-order valence-electron chi connectivity index (χ0n) is 46.7. The van der Waals surface area contributed by atoms with Gasteiger partial charge >= 0.3 is 11.9 Å². The van der Waals surface area contributed by atoms with Crippen molar-refractivity contribution in [2.45, 2.75) is 361 Å². The van der Waals surface area contributed by atoms with Crippen molar-refractivity contribution in [2.24, 2.45) is 0 Å². The fourth-order valence-electron chi connectivity index (χ4n) is 9.63. The molecular formula is C63H122O5. The molecule has 0 rings (SSSR count). The smallest absolute Gasteiger partial charge is 0.306 e. The van der Waals surface area contributed by atoms with E-state index >= 15 is 0 Å². The summed E-state index contributed by atoms with van der Waals surface area (Å²) >= 11 is 0. The molecule has 5 nitrogen and oxygen atoms in total. The van der Waals surface area contributed by atoms with Gasteiger partial charge in [0.05, 0.1) is 6.61 Å². The molecule has 0 heterocycles. The Labute approximate surface area is 426 Å². The first-order valence-electron chi connectivity index (χ1n) is 31.2. The van der Waals surface area contributed by atoms with Gasteiger partial charge in [-0.05, 0) is 44.9 Å². The van der Waals surface area contributed by atoms with Crippen LogP contribution in [0.1, 0.15) is 355 Å². The molecule has 0 aromatic heterocycles. The first-order chi connectivity index (χ1) is 33.6. The maximum atomic E-state index is 12.9. The summed E-state index contributed by atoms with van der Waals surface area (Å²) < 4.78 is 17.5. The highest BCUT2D eigenvalue weighted by atomic mass is 16.6. The number of esters is 2. The molecule has 0 N–H and O–H groups in total. The average Bonchev–Trinajstić information content (AvgIpc) is 3.34. The lowest BCUT2D eigenvalue weighted by molar-refractivity contribution is -0.163. The Morgan fingerprint density at radius 1 is 0.309 bits per heavy atom. The second-order valence-electron chi connectivity index (χ2n) is 21.3. The Hall–Kier alpha value is -1.36. The lowest BCUT2D eigenvalue weighted by Gasteiger charge is -2.18. The van der Waals surface area contributed by atoms with E-state index in [1.54, 1.807) is 0 Å². The van der Waals surface area contributed by atoms with Gasteiger partial charge < -0.3 is 14.2 Å². The standard InChI is InChI=1S/C63H122O5/c1-4-7-10-13-16-19-22-25-28-30-32-34-36-38-41-44-47-50-53-56-62(64)67-60-61(59-66-58-55-52-49-46-43-40-27-24-21-18-15-12-9-6-3)68-63(65)57-54-51-48-45-42-39-37-35-33-31-29-26-23-20-17-14-11-8-5-2/h21,24,61H,4-20,22-23,25-60H2,1-3H3/b24-21-.